The molecule has 0 spiro atoms. The Labute approximate surface area is 70.6 Å². The minimum atomic E-state index is 0.787. The lowest BCUT2D eigenvalue weighted by atomic mass is 9.83. The second-order valence-electron chi connectivity index (χ2n) is 3.70. The molecule has 0 aliphatic heterocycles. The molecule has 0 aromatic carbocycles. The van der Waals surface area contributed by atoms with Crippen molar-refractivity contribution in [3.05, 3.63) is 0 Å². The van der Waals surface area contributed by atoms with Crippen molar-refractivity contribution in [3.8, 4) is 0 Å². The van der Waals surface area contributed by atoms with Crippen molar-refractivity contribution in [1.82, 2.24) is 5.32 Å². The first-order chi connectivity index (χ1) is 5.38. The zero-order valence-corrected chi connectivity index (χ0v) is 7.90. The average molecular weight is 155 g/mol. The van der Waals surface area contributed by atoms with Crippen molar-refractivity contribution in [3.63, 3.8) is 0 Å². The van der Waals surface area contributed by atoms with Crippen molar-refractivity contribution in [2.45, 2.75) is 51.5 Å². The van der Waals surface area contributed by atoms with Crippen LogP contribution in [0.1, 0.15) is 45.4 Å². The number of hydrogen-bond donors (Lipinski definition) is 1. The SMILES string of the molecule is CCC(NC)C1CCCCC1. The van der Waals surface area contributed by atoms with E-state index in [-0.39, 0.29) is 0 Å². The van der Waals surface area contributed by atoms with Crippen molar-refractivity contribution in [1.29, 1.82) is 0 Å². The molecule has 1 saturated carbocycles. The fourth-order valence-corrected chi connectivity index (χ4v) is 2.31. The predicted molar refractivity (Wildman–Crippen MR) is 49.7 cm³/mol. The van der Waals surface area contributed by atoms with Crippen LogP contribution in [-0.2, 0) is 0 Å². The molecule has 1 aliphatic carbocycles. The highest BCUT2D eigenvalue weighted by atomic mass is 14.9. The van der Waals surface area contributed by atoms with Gasteiger partial charge in [-0.25, -0.2) is 0 Å². The third-order valence-corrected chi connectivity index (χ3v) is 3.03. The molecule has 1 atom stereocenters. The van der Waals surface area contributed by atoms with E-state index in [9.17, 15) is 0 Å². The van der Waals surface area contributed by atoms with Crippen molar-refractivity contribution in [2.24, 2.45) is 5.92 Å². The Hall–Kier alpha value is -0.0400. The summed E-state index contributed by atoms with van der Waals surface area (Å²) in [7, 11) is 2.10. The maximum atomic E-state index is 3.42. The van der Waals surface area contributed by atoms with Crippen LogP contribution in [0, 0.1) is 5.92 Å². The lowest BCUT2D eigenvalue weighted by Crippen LogP contribution is -2.33. The molecule has 0 amide bonds. The highest BCUT2D eigenvalue weighted by molar-refractivity contribution is 4.76. The summed E-state index contributed by atoms with van der Waals surface area (Å²) in [4.78, 5) is 0. The third kappa shape index (κ3) is 2.48. The summed E-state index contributed by atoms with van der Waals surface area (Å²) in [5.74, 6) is 0.971. The van der Waals surface area contributed by atoms with E-state index in [0.717, 1.165) is 12.0 Å². The summed E-state index contributed by atoms with van der Waals surface area (Å²) >= 11 is 0. The molecule has 11 heavy (non-hydrogen) atoms. The van der Waals surface area contributed by atoms with E-state index in [1.807, 2.05) is 0 Å². The van der Waals surface area contributed by atoms with Gasteiger partial charge in [-0.1, -0.05) is 26.2 Å². The molecule has 0 saturated heterocycles. The Morgan fingerprint density at radius 2 is 1.91 bits per heavy atom. The fraction of sp³-hybridized carbons (Fsp3) is 1.00. The smallest absolute Gasteiger partial charge is 0.00897 e. The van der Waals surface area contributed by atoms with Gasteiger partial charge in [0.05, 0.1) is 0 Å². The number of hydrogen-bond acceptors (Lipinski definition) is 1. The topological polar surface area (TPSA) is 12.0 Å². The second kappa shape index (κ2) is 4.76. The van der Waals surface area contributed by atoms with Crippen LogP contribution >= 0.6 is 0 Å². The zero-order chi connectivity index (χ0) is 8.10. The van der Waals surface area contributed by atoms with Gasteiger partial charge in [0.15, 0.2) is 0 Å². The van der Waals surface area contributed by atoms with Crippen LogP contribution in [0.15, 0.2) is 0 Å². The van der Waals surface area contributed by atoms with E-state index in [1.165, 1.54) is 38.5 Å². The first-order valence-corrected chi connectivity index (χ1v) is 5.05. The summed E-state index contributed by atoms with van der Waals surface area (Å²) in [6.07, 6.45) is 8.60. The zero-order valence-electron chi connectivity index (χ0n) is 7.90. The van der Waals surface area contributed by atoms with Crippen LogP contribution in [0.25, 0.3) is 0 Å². The molecule has 66 valence electrons. The number of nitrogens with one attached hydrogen (secondary N) is 1. The largest absolute Gasteiger partial charge is 0.317 e. The van der Waals surface area contributed by atoms with Gasteiger partial charge in [-0.2, -0.15) is 0 Å². The molecule has 1 nitrogen and oxygen atoms in total. The van der Waals surface area contributed by atoms with Crippen LogP contribution in [-0.4, -0.2) is 13.1 Å². The fourth-order valence-electron chi connectivity index (χ4n) is 2.31. The van der Waals surface area contributed by atoms with E-state index < -0.39 is 0 Å². The van der Waals surface area contributed by atoms with Crippen LogP contribution in [0.3, 0.4) is 0 Å². The van der Waals surface area contributed by atoms with Gasteiger partial charge in [0.1, 0.15) is 0 Å². The molecule has 0 aromatic rings. The molecule has 1 N–H and O–H groups in total. The summed E-state index contributed by atoms with van der Waals surface area (Å²) in [6.45, 7) is 2.29. The number of rotatable bonds is 3. The summed E-state index contributed by atoms with van der Waals surface area (Å²) in [5, 5.41) is 3.42. The van der Waals surface area contributed by atoms with Crippen molar-refractivity contribution in [2.75, 3.05) is 7.05 Å². The van der Waals surface area contributed by atoms with Gasteiger partial charge in [-0.3, -0.25) is 0 Å². The molecule has 0 aromatic heterocycles. The molecular weight excluding hydrogens is 134 g/mol. The van der Waals surface area contributed by atoms with Gasteiger partial charge in [0.2, 0.25) is 0 Å². The Kier molecular flexibility index (Phi) is 3.92. The maximum absolute atomic E-state index is 3.42. The van der Waals surface area contributed by atoms with Crippen LogP contribution in [0.4, 0.5) is 0 Å². The van der Waals surface area contributed by atoms with Gasteiger partial charge in [-0.05, 0) is 32.2 Å². The van der Waals surface area contributed by atoms with Gasteiger partial charge in [0, 0.05) is 6.04 Å². The predicted octanol–water partition coefficient (Wildman–Crippen LogP) is 2.56. The van der Waals surface area contributed by atoms with Crippen LogP contribution in [0.2, 0.25) is 0 Å². The van der Waals surface area contributed by atoms with Crippen molar-refractivity contribution < 1.29 is 0 Å². The molecule has 0 radical (unpaired) electrons. The molecule has 1 fully saturated rings. The second-order valence-corrected chi connectivity index (χ2v) is 3.70. The molecule has 1 aliphatic rings. The lowest BCUT2D eigenvalue weighted by Gasteiger charge is -2.29. The van der Waals surface area contributed by atoms with Gasteiger partial charge in [0.25, 0.3) is 0 Å². The molecule has 1 unspecified atom stereocenters. The molecule has 1 heteroatoms. The first-order valence-electron chi connectivity index (χ1n) is 5.05. The summed E-state index contributed by atoms with van der Waals surface area (Å²) in [6, 6.07) is 0.787. The molecular formula is C10H21N. The lowest BCUT2D eigenvalue weighted by molar-refractivity contribution is 0.273. The molecule has 0 heterocycles. The van der Waals surface area contributed by atoms with E-state index in [1.54, 1.807) is 0 Å². The molecule has 1 rings (SSSR count). The normalized spacial score (nSPS) is 23.5. The van der Waals surface area contributed by atoms with E-state index in [0.29, 0.717) is 0 Å². The van der Waals surface area contributed by atoms with Gasteiger partial charge >= 0.3 is 0 Å². The minimum Gasteiger partial charge on any atom is -0.317 e. The van der Waals surface area contributed by atoms with Crippen LogP contribution in [0.5, 0.6) is 0 Å². The Bertz CT molecular complexity index is 91.0. The summed E-state index contributed by atoms with van der Waals surface area (Å²) < 4.78 is 0. The van der Waals surface area contributed by atoms with Gasteiger partial charge < -0.3 is 5.32 Å². The minimum absolute atomic E-state index is 0.787. The Balaban J connectivity index is 2.30. The first kappa shape index (κ1) is 9.05. The molecule has 0 bridgehead atoms. The monoisotopic (exact) mass is 155 g/mol. The Morgan fingerprint density at radius 1 is 1.27 bits per heavy atom. The highest BCUT2D eigenvalue weighted by Crippen LogP contribution is 2.27. The highest BCUT2D eigenvalue weighted by Gasteiger charge is 2.20. The maximum Gasteiger partial charge on any atom is 0.00897 e. The summed E-state index contributed by atoms with van der Waals surface area (Å²) in [5.41, 5.74) is 0. The van der Waals surface area contributed by atoms with E-state index in [2.05, 4.69) is 19.3 Å². The quantitative estimate of drug-likeness (QED) is 0.660. The van der Waals surface area contributed by atoms with Crippen LogP contribution < -0.4 is 5.32 Å². The van der Waals surface area contributed by atoms with Gasteiger partial charge in [-0.15, -0.1) is 0 Å². The Morgan fingerprint density at radius 3 is 2.36 bits per heavy atom. The third-order valence-electron chi connectivity index (χ3n) is 3.03. The van der Waals surface area contributed by atoms with E-state index >= 15 is 0 Å². The van der Waals surface area contributed by atoms with Crippen molar-refractivity contribution >= 4 is 0 Å². The standard InChI is InChI=1S/C10H21N/c1-3-10(11-2)9-7-5-4-6-8-9/h9-11H,3-8H2,1-2H3. The average Bonchev–Trinajstić information content (AvgIpc) is 2.09. The van der Waals surface area contributed by atoms with E-state index in [4.69, 9.17) is 0 Å².